The molecular weight excluding hydrogens is 220 g/mol. The number of anilines is 1. The number of benzene rings is 1. The maximum atomic E-state index is 3.57. The Labute approximate surface area is 111 Å². The van der Waals surface area contributed by atoms with Crippen LogP contribution in [0.5, 0.6) is 0 Å². The van der Waals surface area contributed by atoms with Gasteiger partial charge in [-0.3, -0.25) is 0 Å². The monoisotopic (exact) mass is 246 g/mol. The van der Waals surface area contributed by atoms with Crippen molar-refractivity contribution in [2.24, 2.45) is 0 Å². The Balaban J connectivity index is 1.82. The van der Waals surface area contributed by atoms with Crippen molar-refractivity contribution in [2.45, 2.75) is 51.5 Å². The summed E-state index contributed by atoms with van der Waals surface area (Å²) in [5.41, 5.74) is 2.69. The van der Waals surface area contributed by atoms with Gasteiger partial charge in [-0.1, -0.05) is 32.4 Å². The van der Waals surface area contributed by atoms with E-state index in [9.17, 15) is 0 Å². The summed E-state index contributed by atoms with van der Waals surface area (Å²) in [7, 11) is 0. The van der Waals surface area contributed by atoms with E-state index in [-0.39, 0.29) is 0 Å². The van der Waals surface area contributed by atoms with Crippen LogP contribution in [0.15, 0.2) is 24.3 Å². The van der Waals surface area contributed by atoms with Crippen LogP contribution in [0, 0.1) is 0 Å². The normalized spacial score (nSPS) is 21.6. The molecule has 1 aliphatic heterocycles. The first-order chi connectivity index (χ1) is 8.79. The van der Waals surface area contributed by atoms with Gasteiger partial charge in [-0.05, 0) is 49.4 Å². The van der Waals surface area contributed by atoms with Crippen LogP contribution < -0.4 is 10.6 Å². The first-order valence-corrected chi connectivity index (χ1v) is 7.37. The van der Waals surface area contributed by atoms with Crippen LogP contribution in [0.3, 0.4) is 0 Å². The summed E-state index contributed by atoms with van der Waals surface area (Å²) in [6, 6.07) is 9.58. The lowest BCUT2D eigenvalue weighted by Crippen LogP contribution is -2.39. The molecule has 2 nitrogen and oxygen atoms in total. The average molecular weight is 246 g/mol. The fourth-order valence-corrected chi connectivity index (χ4v) is 2.50. The van der Waals surface area contributed by atoms with Crippen molar-refractivity contribution in [2.75, 3.05) is 18.4 Å². The molecule has 0 amide bonds. The summed E-state index contributed by atoms with van der Waals surface area (Å²) in [4.78, 5) is 0. The van der Waals surface area contributed by atoms with Gasteiger partial charge in [0.2, 0.25) is 0 Å². The zero-order valence-corrected chi connectivity index (χ0v) is 11.7. The van der Waals surface area contributed by atoms with Crippen molar-refractivity contribution in [3.63, 3.8) is 0 Å². The van der Waals surface area contributed by atoms with Crippen molar-refractivity contribution in [1.29, 1.82) is 0 Å². The van der Waals surface area contributed by atoms with E-state index >= 15 is 0 Å². The summed E-state index contributed by atoms with van der Waals surface area (Å²) in [5.74, 6) is 0.666. The van der Waals surface area contributed by atoms with E-state index in [2.05, 4.69) is 48.7 Å². The van der Waals surface area contributed by atoms with E-state index < -0.39 is 0 Å². The molecule has 1 fully saturated rings. The number of hydrogen-bond donors (Lipinski definition) is 2. The minimum Gasteiger partial charge on any atom is -0.383 e. The summed E-state index contributed by atoms with van der Waals surface area (Å²) >= 11 is 0. The second-order valence-electron chi connectivity index (χ2n) is 5.46. The number of nitrogens with one attached hydrogen (secondary N) is 2. The number of piperidine rings is 1. The minimum absolute atomic E-state index is 0.646. The van der Waals surface area contributed by atoms with Gasteiger partial charge in [0.25, 0.3) is 0 Å². The van der Waals surface area contributed by atoms with Gasteiger partial charge in [0.15, 0.2) is 0 Å². The third kappa shape index (κ3) is 3.74. The molecule has 0 spiro atoms. The molecule has 0 bridgehead atoms. The van der Waals surface area contributed by atoms with Gasteiger partial charge >= 0.3 is 0 Å². The minimum atomic E-state index is 0.646. The Kier molecular flexibility index (Phi) is 5.06. The zero-order valence-electron chi connectivity index (χ0n) is 11.7. The highest BCUT2D eigenvalue weighted by atomic mass is 15.0. The van der Waals surface area contributed by atoms with E-state index in [0.717, 1.165) is 6.54 Å². The van der Waals surface area contributed by atoms with Gasteiger partial charge in [-0.15, -0.1) is 0 Å². The molecule has 1 aliphatic rings. The Hall–Kier alpha value is -1.02. The molecule has 1 aromatic carbocycles. The van der Waals surface area contributed by atoms with E-state index in [4.69, 9.17) is 0 Å². The highest BCUT2D eigenvalue weighted by Gasteiger charge is 2.11. The lowest BCUT2D eigenvalue weighted by atomic mass is 9.98. The molecule has 0 radical (unpaired) electrons. The highest BCUT2D eigenvalue weighted by Crippen LogP contribution is 2.20. The van der Waals surface area contributed by atoms with Crippen LogP contribution >= 0.6 is 0 Å². The van der Waals surface area contributed by atoms with Gasteiger partial charge in [-0.2, -0.15) is 0 Å². The molecule has 0 aliphatic carbocycles. The first-order valence-electron chi connectivity index (χ1n) is 7.37. The lowest BCUT2D eigenvalue weighted by molar-refractivity contribution is 0.414. The van der Waals surface area contributed by atoms with E-state index in [0.29, 0.717) is 12.0 Å². The second kappa shape index (κ2) is 6.79. The van der Waals surface area contributed by atoms with Gasteiger partial charge in [0.05, 0.1) is 0 Å². The molecular formula is C16H26N2. The predicted molar refractivity (Wildman–Crippen MR) is 79.3 cm³/mol. The molecule has 1 saturated heterocycles. The van der Waals surface area contributed by atoms with Crippen molar-refractivity contribution in [3.8, 4) is 0 Å². The second-order valence-corrected chi connectivity index (χ2v) is 5.46. The molecule has 2 rings (SSSR count). The molecule has 1 heterocycles. The van der Waals surface area contributed by atoms with E-state index in [1.807, 2.05) is 0 Å². The van der Waals surface area contributed by atoms with E-state index in [1.165, 1.54) is 43.5 Å². The number of rotatable bonds is 5. The highest BCUT2D eigenvalue weighted by molar-refractivity contribution is 5.45. The summed E-state index contributed by atoms with van der Waals surface area (Å²) in [6.07, 6.45) is 5.21. The molecule has 2 atom stereocenters. The van der Waals surface area contributed by atoms with Crippen LogP contribution in [0.1, 0.15) is 51.0 Å². The maximum Gasteiger partial charge on any atom is 0.0340 e. The van der Waals surface area contributed by atoms with Crippen LogP contribution in [-0.2, 0) is 0 Å². The van der Waals surface area contributed by atoms with E-state index in [1.54, 1.807) is 0 Å². The van der Waals surface area contributed by atoms with Gasteiger partial charge in [0, 0.05) is 18.3 Å². The quantitative estimate of drug-likeness (QED) is 0.826. The molecule has 2 N–H and O–H groups in total. The van der Waals surface area contributed by atoms with Crippen LogP contribution in [0.2, 0.25) is 0 Å². The Morgan fingerprint density at radius 1 is 1.28 bits per heavy atom. The Bertz CT molecular complexity index is 339. The van der Waals surface area contributed by atoms with Crippen LogP contribution in [0.25, 0.3) is 0 Å². The van der Waals surface area contributed by atoms with Crippen molar-refractivity contribution < 1.29 is 0 Å². The Morgan fingerprint density at radius 3 is 2.67 bits per heavy atom. The maximum absolute atomic E-state index is 3.57. The molecule has 0 aromatic heterocycles. The van der Waals surface area contributed by atoms with Gasteiger partial charge in [0.1, 0.15) is 0 Å². The SMILES string of the molecule is CCC(C)c1ccc(NCC2CCCCN2)cc1. The summed E-state index contributed by atoms with van der Waals surface area (Å²) in [6.45, 7) is 6.75. The third-order valence-corrected chi connectivity index (χ3v) is 4.06. The first kappa shape index (κ1) is 13.4. The molecule has 2 unspecified atom stereocenters. The van der Waals surface area contributed by atoms with Crippen molar-refractivity contribution >= 4 is 5.69 Å². The molecule has 100 valence electrons. The van der Waals surface area contributed by atoms with Crippen LogP contribution in [-0.4, -0.2) is 19.1 Å². The number of hydrogen-bond acceptors (Lipinski definition) is 2. The molecule has 2 heteroatoms. The molecule has 18 heavy (non-hydrogen) atoms. The fourth-order valence-electron chi connectivity index (χ4n) is 2.50. The fraction of sp³-hybridized carbons (Fsp3) is 0.625. The predicted octanol–water partition coefficient (Wildman–Crippen LogP) is 3.75. The van der Waals surface area contributed by atoms with Gasteiger partial charge < -0.3 is 10.6 Å². The van der Waals surface area contributed by atoms with Crippen molar-refractivity contribution in [1.82, 2.24) is 5.32 Å². The smallest absolute Gasteiger partial charge is 0.0340 e. The molecule has 1 aromatic rings. The summed E-state index contributed by atoms with van der Waals surface area (Å²) in [5, 5.41) is 7.10. The standard InChI is InChI=1S/C16H26N2/c1-3-13(2)14-7-9-15(10-8-14)18-12-16-6-4-5-11-17-16/h7-10,13,16-18H,3-6,11-12H2,1-2H3. The molecule has 0 saturated carbocycles. The van der Waals surface area contributed by atoms with Gasteiger partial charge in [-0.25, -0.2) is 0 Å². The largest absolute Gasteiger partial charge is 0.383 e. The zero-order chi connectivity index (χ0) is 12.8. The topological polar surface area (TPSA) is 24.1 Å². The summed E-state index contributed by atoms with van der Waals surface area (Å²) < 4.78 is 0. The Morgan fingerprint density at radius 2 is 2.06 bits per heavy atom. The van der Waals surface area contributed by atoms with Crippen molar-refractivity contribution in [3.05, 3.63) is 29.8 Å². The lowest BCUT2D eigenvalue weighted by Gasteiger charge is -2.24. The van der Waals surface area contributed by atoms with Crippen LogP contribution in [0.4, 0.5) is 5.69 Å². The average Bonchev–Trinajstić information content (AvgIpc) is 2.46. The third-order valence-electron chi connectivity index (χ3n) is 4.06.